The number of amides is 2. The van der Waals surface area contributed by atoms with Crippen LogP contribution in [0.25, 0.3) is 0 Å². The Morgan fingerprint density at radius 2 is 2.29 bits per heavy atom. The molecule has 2 aromatic rings. The van der Waals surface area contributed by atoms with Gasteiger partial charge in [-0.25, -0.2) is 0 Å². The summed E-state index contributed by atoms with van der Waals surface area (Å²) in [5, 5.41) is 14.1. The average Bonchev–Trinajstić information content (AvgIpc) is 3.14. The molecule has 0 unspecified atom stereocenters. The van der Waals surface area contributed by atoms with Gasteiger partial charge in [0.1, 0.15) is 5.82 Å². The highest BCUT2D eigenvalue weighted by molar-refractivity contribution is 7.12. The number of thiophene rings is 1. The van der Waals surface area contributed by atoms with Crippen LogP contribution < -0.4 is 10.6 Å². The summed E-state index contributed by atoms with van der Waals surface area (Å²) in [6.07, 6.45) is 3.46. The van der Waals surface area contributed by atoms with Gasteiger partial charge in [-0.15, -0.1) is 11.3 Å². The van der Waals surface area contributed by atoms with Gasteiger partial charge in [0.15, 0.2) is 0 Å². The van der Waals surface area contributed by atoms with E-state index in [-0.39, 0.29) is 11.8 Å². The highest BCUT2D eigenvalue weighted by Gasteiger charge is 2.09. The molecule has 21 heavy (non-hydrogen) atoms. The van der Waals surface area contributed by atoms with E-state index >= 15 is 0 Å². The third-order valence-corrected chi connectivity index (χ3v) is 3.84. The van der Waals surface area contributed by atoms with Gasteiger partial charge in [0.2, 0.25) is 5.91 Å². The molecule has 0 saturated heterocycles. The van der Waals surface area contributed by atoms with Crippen molar-refractivity contribution in [1.82, 2.24) is 15.5 Å². The first-order valence-electron chi connectivity index (χ1n) is 6.84. The number of nitrogens with one attached hydrogen (secondary N) is 3. The summed E-state index contributed by atoms with van der Waals surface area (Å²) in [7, 11) is 0. The molecule has 2 heterocycles. The highest BCUT2D eigenvalue weighted by Crippen LogP contribution is 2.11. The molecule has 0 aliphatic heterocycles. The van der Waals surface area contributed by atoms with Gasteiger partial charge in [-0.05, 0) is 24.3 Å². The van der Waals surface area contributed by atoms with Gasteiger partial charge in [0.25, 0.3) is 5.91 Å². The molecule has 0 aliphatic rings. The van der Waals surface area contributed by atoms with Crippen LogP contribution in [0.15, 0.2) is 23.7 Å². The van der Waals surface area contributed by atoms with Gasteiger partial charge in [0.05, 0.1) is 11.1 Å². The number of aromatic amines is 1. The SMILES string of the molecule is CCc1cn[nH]c1NC(=O)CCCNC(=O)c1cccs1. The predicted octanol–water partition coefficient (Wildman–Crippen LogP) is 2.18. The summed E-state index contributed by atoms with van der Waals surface area (Å²) in [6, 6.07) is 3.61. The van der Waals surface area contributed by atoms with E-state index in [1.54, 1.807) is 12.3 Å². The van der Waals surface area contributed by atoms with Crippen LogP contribution in [0, 0.1) is 0 Å². The number of hydrogen-bond acceptors (Lipinski definition) is 4. The predicted molar refractivity (Wildman–Crippen MR) is 82.5 cm³/mol. The molecule has 0 fully saturated rings. The van der Waals surface area contributed by atoms with E-state index in [1.165, 1.54) is 11.3 Å². The minimum Gasteiger partial charge on any atom is -0.351 e. The lowest BCUT2D eigenvalue weighted by molar-refractivity contribution is -0.116. The lowest BCUT2D eigenvalue weighted by atomic mass is 10.2. The lowest BCUT2D eigenvalue weighted by Gasteiger charge is -2.05. The molecule has 0 atom stereocenters. The van der Waals surface area contributed by atoms with E-state index in [2.05, 4.69) is 20.8 Å². The minimum atomic E-state index is -0.0905. The van der Waals surface area contributed by atoms with Crippen LogP contribution in [0.1, 0.15) is 35.0 Å². The van der Waals surface area contributed by atoms with Gasteiger partial charge in [-0.3, -0.25) is 14.7 Å². The van der Waals surface area contributed by atoms with Gasteiger partial charge in [-0.1, -0.05) is 13.0 Å². The van der Waals surface area contributed by atoms with Crippen molar-refractivity contribution in [2.75, 3.05) is 11.9 Å². The maximum Gasteiger partial charge on any atom is 0.261 e. The van der Waals surface area contributed by atoms with Gasteiger partial charge < -0.3 is 10.6 Å². The number of anilines is 1. The summed E-state index contributed by atoms with van der Waals surface area (Å²) < 4.78 is 0. The fourth-order valence-electron chi connectivity index (χ4n) is 1.84. The Balaban J connectivity index is 1.67. The molecule has 2 rings (SSSR count). The Bertz CT molecular complexity index is 592. The third-order valence-electron chi connectivity index (χ3n) is 2.97. The molecule has 2 aromatic heterocycles. The largest absolute Gasteiger partial charge is 0.351 e. The van der Waals surface area contributed by atoms with Crippen molar-refractivity contribution in [2.45, 2.75) is 26.2 Å². The van der Waals surface area contributed by atoms with Crippen molar-refractivity contribution in [3.8, 4) is 0 Å². The highest BCUT2D eigenvalue weighted by atomic mass is 32.1. The van der Waals surface area contributed by atoms with Gasteiger partial charge in [-0.2, -0.15) is 5.10 Å². The van der Waals surface area contributed by atoms with Crippen molar-refractivity contribution in [3.05, 3.63) is 34.2 Å². The zero-order chi connectivity index (χ0) is 15.1. The number of aryl methyl sites for hydroxylation is 1. The molecule has 0 aliphatic carbocycles. The Morgan fingerprint density at radius 3 is 3.00 bits per heavy atom. The molecule has 6 nitrogen and oxygen atoms in total. The summed E-state index contributed by atoms with van der Waals surface area (Å²) in [5.41, 5.74) is 0.981. The summed E-state index contributed by atoms with van der Waals surface area (Å²) in [4.78, 5) is 24.1. The Kier molecular flexibility index (Phi) is 5.51. The van der Waals surface area contributed by atoms with Crippen molar-refractivity contribution in [2.24, 2.45) is 0 Å². The van der Waals surface area contributed by atoms with Crippen LogP contribution in [0.4, 0.5) is 5.82 Å². The van der Waals surface area contributed by atoms with E-state index in [1.807, 2.05) is 18.4 Å². The van der Waals surface area contributed by atoms with Crippen LogP contribution in [-0.4, -0.2) is 28.6 Å². The first kappa shape index (κ1) is 15.2. The monoisotopic (exact) mass is 306 g/mol. The number of hydrogen-bond donors (Lipinski definition) is 3. The van der Waals surface area contributed by atoms with Crippen LogP contribution in [-0.2, 0) is 11.2 Å². The standard InChI is InChI=1S/C14H18N4O2S/c1-2-10-9-16-18-13(10)17-12(19)6-3-7-15-14(20)11-5-4-8-21-11/h4-5,8-9H,2-3,6-7H2,1H3,(H,15,20)(H2,16,17,18,19). The second-order valence-electron chi connectivity index (χ2n) is 4.51. The number of H-pyrrole nitrogens is 1. The van der Waals surface area contributed by atoms with Crippen molar-refractivity contribution < 1.29 is 9.59 Å². The molecule has 0 bridgehead atoms. The molecule has 0 aromatic carbocycles. The number of aromatic nitrogens is 2. The lowest BCUT2D eigenvalue weighted by Crippen LogP contribution is -2.24. The van der Waals surface area contributed by atoms with Crippen molar-refractivity contribution >= 4 is 29.0 Å². The molecule has 0 spiro atoms. The number of carbonyl (C=O) groups is 2. The van der Waals surface area contributed by atoms with Gasteiger partial charge in [0, 0.05) is 18.5 Å². The molecule has 0 radical (unpaired) electrons. The Morgan fingerprint density at radius 1 is 1.43 bits per heavy atom. The zero-order valence-corrected chi connectivity index (χ0v) is 12.6. The van der Waals surface area contributed by atoms with E-state index in [0.29, 0.717) is 30.1 Å². The fourth-order valence-corrected chi connectivity index (χ4v) is 2.48. The van der Waals surface area contributed by atoms with Crippen LogP contribution in [0.2, 0.25) is 0 Å². The normalized spacial score (nSPS) is 10.3. The smallest absolute Gasteiger partial charge is 0.261 e. The fraction of sp³-hybridized carbons (Fsp3) is 0.357. The summed E-state index contributed by atoms with van der Waals surface area (Å²) >= 11 is 1.40. The Hall–Kier alpha value is -2.15. The number of rotatable bonds is 7. The van der Waals surface area contributed by atoms with E-state index in [9.17, 15) is 9.59 Å². The number of carbonyl (C=O) groups excluding carboxylic acids is 2. The molecule has 112 valence electrons. The van der Waals surface area contributed by atoms with Crippen LogP contribution in [0.3, 0.4) is 0 Å². The molecule has 2 amide bonds. The minimum absolute atomic E-state index is 0.0840. The molecule has 0 saturated carbocycles. The first-order valence-corrected chi connectivity index (χ1v) is 7.72. The van der Waals surface area contributed by atoms with Crippen LogP contribution >= 0.6 is 11.3 Å². The number of nitrogens with zero attached hydrogens (tertiary/aromatic N) is 1. The maximum atomic E-state index is 11.8. The van der Waals surface area contributed by atoms with Crippen LogP contribution in [0.5, 0.6) is 0 Å². The van der Waals surface area contributed by atoms with E-state index < -0.39 is 0 Å². The average molecular weight is 306 g/mol. The van der Waals surface area contributed by atoms with Crippen molar-refractivity contribution in [3.63, 3.8) is 0 Å². The van der Waals surface area contributed by atoms with E-state index in [0.717, 1.165) is 12.0 Å². The molecule has 3 N–H and O–H groups in total. The molecular formula is C14H18N4O2S. The zero-order valence-electron chi connectivity index (χ0n) is 11.8. The summed E-state index contributed by atoms with van der Waals surface area (Å²) in [5.74, 6) is 0.483. The molecule has 7 heteroatoms. The maximum absolute atomic E-state index is 11.8. The quantitative estimate of drug-likeness (QED) is 0.685. The Labute approximate surface area is 127 Å². The second-order valence-corrected chi connectivity index (χ2v) is 5.46. The summed E-state index contributed by atoms with van der Waals surface area (Å²) in [6.45, 7) is 2.48. The van der Waals surface area contributed by atoms with Gasteiger partial charge >= 0.3 is 0 Å². The topological polar surface area (TPSA) is 86.9 Å². The first-order chi connectivity index (χ1) is 10.2. The second kappa shape index (κ2) is 7.58. The van der Waals surface area contributed by atoms with E-state index in [4.69, 9.17) is 0 Å². The third kappa shape index (κ3) is 4.42. The van der Waals surface area contributed by atoms with Crippen molar-refractivity contribution in [1.29, 1.82) is 0 Å². The molecular weight excluding hydrogens is 288 g/mol.